The van der Waals surface area contributed by atoms with Crippen LogP contribution in [0.2, 0.25) is 0 Å². The van der Waals surface area contributed by atoms with Gasteiger partial charge in [0.25, 0.3) is 0 Å². The summed E-state index contributed by atoms with van der Waals surface area (Å²) in [5.74, 6) is -0.414. The van der Waals surface area contributed by atoms with E-state index in [9.17, 15) is 4.79 Å². The number of nitrogen functional groups attached to an aromatic ring is 1. The van der Waals surface area contributed by atoms with E-state index >= 15 is 0 Å². The molecule has 0 radical (unpaired) electrons. The highest BCUT2D eigenvalue weighted by Crippen LogP contribution is 2.24. The van der Waals surface area contributed by atoms with Crippen molar-refractivity contribution in [2.75, 3.05) is 5.73 Å². The minimum absolute atomic E-state index is 0.168. The molecule has 84 valence electrons. The van der Waals surface area contributed by atoms with Crippen LogP contribution in [0.3, 0.4) is 0 Å². The van der Waals surface area contributed by atoms with Gasteiger partial charge >= 0.3 is 5.97 Å². The number of carboxylic acid groups (broad SMARTS) is 1. The van der Waals surface area contributed by atoms with Gasteiger partial charge < -0.3 is 10.8 Å². The third kappa shape index (κ3) is 3.43. The summed E-state index contributed by atoms with van der Waals surface area (Å²) in [5, 5.41) is 17.0. The van der Waals surface area contributed by atoms with Gasteiger partial charge in [-0.25, -0.2) is 0 Å². The van der Waals surface area contributed by atoms with E-state index in [4.69, 9.17) is 10.8 Å². The number of aromatic nitrogens is 3. The second kappa shape index (κ2) is 5.01. The average Bonchev–Trinajstić information content (AvgIpc) is 2.47. The van der Waals surface area contributed by atoms with Crippen LogP contribution < -0.4 is 5.73 Å². The highest BCUT2D eigenvalue weighted by molar-refractivity contribution is 7.99. The molecule has 0 amide bonds. The third-order valence-corrected chi connectivity index (χ3v) is 3.14. The second-order valence-corrected chi connectivity index (χ2v) is 4.67. The number of hydrogen-bond acceptors (Lipinski definition) is 5. The largest absolute Gasteiger partial charge is 0.481 e. The van der Waals surface area contributed by atoms with Gasteiger partial charge in [0, 0.05) is 18.7 Å². The summed E-state index contributed by atoms with van der Waals surface area (Å²) in [6.45, 7) is 1.96. The number of hydrogen-bond donors (Lipinski definition) is 2. The lowest BCUT2D eigenvalue weighted by Gasteiger charge is -2.08. The minimum atomic E-state index is -0.778. The number of aliphatic carboxylic acids is 1. The van der Waals surface area contributed by atoms with Crippen LogP contribution in [0, 0.1) is 0 Å². The van der Waals surface area contributed by atoms with Crippen LogP contribution in [0.4, 0.5) is 5.95 Å². The Morgan fingerprint density at radius 3 is 2.80 bits per heavy atom. The Morgan fingerprint density at radius 2 is 2.33 bits per heavy atom. The van der Waals surface area contributed by atoms with Gasteiger partial charge in [-0.15, -0.1) is 10.2 Å². The Morgan fingerprint density at radius 1 is 1.67 bits per heavy atom. The van der Waals surface area contributed by atoms with Crippen molar-refractivity contribution in [1.82, 2.24) is 14.8 Å². The Kier molecular flexibility index (Phi) is 3.96. The quantitative estimate of drug-likeness (QED) is 0.725. The van der Waals surface area contributed by atoms with Crippen LogP contribution in [0.25, 0.3) is 0 Å². The molecule has 7 heteroatoms. The van der Waals surface area contributed by atoms with E-state index in [1.54, 1.807) is 11.6 Å². The summed E-state index contributed by atoms with van der Waals surface area (Å²) >= 11 is 1.48. The zero-order valence-electron chi connectivity index (χ0n) is 8.67. The summed E-state index contributed by atoms with van der Waals surface area (Å²) in [6, 6.07) is 0. The van der Waals surface area contributed by atoms with Crippen LogP contribution >= 0.6 is 11.8 Å². The van der Waals surface area contributed by atoms with Gasteiger partial charge in [0.15, 0.2) is 5.16 Å². The van der Waals surface area contributed by atoms with Gasteiger partial charge in [-0.1, -0.05) is 18.7 Å². The molecule has 0 aliphatic heterocycles. The number of carbonyl (C=O) groups is 1. The molecule has 0 aromatic carbocycles. The molecule has 0 saturated carbocycles. The van der Waals surface area contributed by atoms with Gasteiger partial charge in [-0.3, -0.25) is 9.36 Å². The summed E-state index contributed by atoms with van der Waals surface area (Å²) in [7, 11) is 1.78. The lowest BCUT2D eigenvalue weighted by atomic mass is 10.2. The fourth-order valence-corrected chi connectivity index (χ4v) is 1.93. The lowest BCUT2D eigenvalue weighted by Crippen LogP contribution is -2.04. The van der Waals surface area contributed by atoms with Crippen molar-refractivity contribution in [3.63, 3.8) is 0 Å². The van der Waals surface area contributed by atoms with Crippen LogP contribution in [0.1, 0.15) is 19.8 Å². The average molecular weight is 230 g/mol. The molecule has 0 spiro atoms. The van der Waals surface area contributed by atoms with Gasteiger partial charge in [0.2, 0.25) is 5.95 Å². The lowest BCUT2D eigenvalue weighted by molar-refractivity contribution is -0.137. The molecule has 1 heterocycles. The first-order chi connectivity index (χ1) is 7.00. The Bertz CT molecular complexity index is 352. The fourth-order valence-electron chi connectivity index (χ4n) is 0.994. The molecule has 1 aromatic heterocycles. The van der Waals surface area contributed by atoms with Crippen molar-refractivity contribution < 1.29 is 9.90 Å². The Balaban J connectivity index is 2.47. The van der Waals surface area contributed by atoms with Crippen molar-refractivity contribution in [2.45, 2.75) is 30.2 Å². The summed E-state index contributed by atoms with van der Waals surface area (Å²) in [6.07, 6.45) is 0.772. The first kappa shape index (κ1) is 11.8. The number of anilines is 1. The molecule has 6 nitrogen and oxygen atoms in total. The van der Waals surface area contributed by atoms with Crippen molar-refractivity contribution in [1.29, 1.82) is 0 Å². The summed E-state index contributed by atoms with van der Waals surface area (Å²) in [5.41, 5.74) is 5.52. The molecule has 3 N–H and O–H groups in total. The molecule has 15 heavy (non-hydrogen) atoms. The monoisotopic (exact) mass is 230 g/mol. The predicted molar refractivity (Wildman–Crippen MR) is 57.6 cm³/mol. The van der Waals surface area contributed by atoms with Gasteiger partial charge in [0.1, 0.15) is 0 Å². The molecular formula is C8H14N4O2S. The maximum Gasteiger partial charge on any atom is 0.303 e. The standard InChI is InChI=1S/C8H14N4O2S/c1-5(3-4-6(13)14)15-8-11-10-7(9)12(8)2/h5H,3-4H2,1-2H3,(H2,9,10)(H,13,14). The highest BCUT2D eigenvalue weighted by Gasteiger charge is 2.12. The van der Waals surface area contributed by atoms with Gasteiger partial charge in [-0.2, -0.15) is 0 Å². The number of thioether (sulfide) groups is 1. The topological polar surface area (TPSA) is 94.0 Å². The molecular weight excluding hydrogens is 216 g/mol. The first-order valence-electron chi connectivity index (χ1n) is 4.54. The summed E-state index contributed by atoms with van der Waals surface area (Å²) < 4.78 is 1.68. The van der Waals surface area contributed by atoms with E-state index in [1.165, 1.54) is 11.8 Å². The number of nitrogens with two attached hydrogens (primary N) is 1. The molecule has 0 aliphatic carbocycles. The third-order valence-electron chi connectivity index (χ3n) is 1.94. The minimum Gasteiger partial charge on any atom is -0.481 e. The molecule has 1 rings (SSSR count). The number of nitrogens with zero attached hydrogens (tertiary/aromatic N) is 3. The SMILES string of the molecule is CC(CCC(=O)O)Sc1nnc(N)n1C. The molecule has 0 bridgehead atoms. The van der Waals surface area contributed by atoms with Crippen molar-refractivity contribution >= 4 is 23.7 Å². The van der Waals surface area contributed by atoms with E-state index in [2.05, 4.69) is 10.2 Å². The molecule has 1 unspecified atom stereocenters. The van der Waals surface area contributed by atoms with E-state index in [-0.39, 0.29) is 11.7 Å². The Labute approximate surface area is 91.9 Å². The number of rotatable bonds is 5. The van der Waals surface area contributed by atoms with Crippen molar-refractivity contribution in [3.8, 4) is 0 Å². The van der Waals surface area contributed by atoms with E-state index < -0.39 is 5.97 Å². The zero-order chi connectivity index (χ0) is 11.4. The van der Waals surface area contributed by atoms with Crippen LogP contribution in [-0.2, 0) is 11.8 Å². The fraction of sp³-hybridized carbons (Fsp3) is 0.625. The molecule has 0 saturated heterocycles. The molecule has 1 atom stereocenters. The van der Waals surface area contributed by atoms with Gasteiger partial charge in [0.05, 0.1) is 0 Å². The van der Waals surface area contributed by atoms with E-state index in [1.807, 2.05) is 6.92 Å². The molecule has 0 fully saturated rings. The van der Waals surface area contributed by atoms with Crippen molar-refractivity contribution in [3.05, 3.63) is 0 Å². The maximum absolute atomic E-state index is 10.4. The van der Waals surface area contributed by atoms with Gasteiger partial charge in [-0.05, 0) is 6.42 Å². The highest BCUT2D eigenvalue weighted by atomic mass is 32.2. The van der Waals surface area contributed by atoms with Crippen LogP contribution in [0.15, 0.2) is 5.16 Å². The zero-order valence-corrected chi connectivity index (χ0v) is 9.49. The predicted octanol–water partition coefficient (Wildman–Crippen LogP) is 0.743. The van der Waals surface area contributed by atoms with Crippen molar-refractivity contribution in [2.24, 2.45) is 7.05 Å². The molecule has 0 aliphatic rings. The van der Waals surface area contributed by atoms with Crippen LogP contribution in [0.5, 0.6) is 0 Å². The maximum atomic E-state index is 10.4. The van der Waals surface area contributed by atoms with Crippen LogP contribution in [-0.4, -0.2) is 31.1 Å². The summed E-state index contributed by atoms with van der Waals surface area (Å²) in [4.78, 5) is 10.4. The van der Waals surface area contributed by atoms with E-state index in [0.717, 1.165) is 0 Å². The number of carboxylic acids is 1. The Hall–Kier alpha value is -1.24. The van der Waals surface area contributed by atoms with E-state index in [0.29, 0.717) is 17.5 Å². The first-order valence-corrected chi connectivity index (χ1v) is 5.42. The smallest absolute Gasteiger partial charge is 0.303 e. The molecule has 1 aromatic rings. The normalized spacial score (nSPS) is 12.7. The second-order valence-electron chi connectivity index (χ2n) is 3.26.